The van der Waals surface area contributed by atoms with Gasteiger partial charge in [-0.3, -0.25) is 0 Å². The maximum absolute atomic E-state index is 8.84. The first-order chi connectivity index (χ1) is 46.1. The average molecular weight is 1280 g/mol. The molecule has 0 saturated heterocycles. The normalized spacial score (nSPS) is 10.2. The van der Waals surface area contributed by atoms with E-state index in [0.717, 1.165) is 27.8 Å². The van der Waals surface area contributed by atoms with E-state index in [9.17, 15) is 0 Å². The van der Waals surface area contributed by atoms with E-state index in [1.165, 1.54) is 89.0 Å². The summed E-state index contributed by atoms with van der Waals surface area (Å²) in [6, 6.07) is 89.7. The third-order valence-corrected chi connectivity index (χ3v) is 16.5. The van der Waals surface area contributed by atoms with Crippen molar-refractivity contribution < 1.29 is 0 Å². The minimum atomic E-state index is 0.431. The molecule has 0 atom stereocenters. The highest BCUT2D eigenvalue weighted by Crippen LogP contribution is 2.30. The van der Waals surface area contributed by atoms with E-state index < -0.39 is 0 Å². The Hall–Kier alpha value is -9.84. The smallest absolute Gasteiger partial charge is 0.0994 e. The first-order valence-corrected chi connectivity index (χ1v) is 34.6. The topological polar surface area (TPSA) is 95.2 Å². The van der Waals surface area contributed by atoms with Crippen LogP contribution in [0, 0.1) is 79.9 Å². The van der Waals surface area contributed by atoms with Crippen molar-refractivity contribution in [3.05, 3.63) is 331 Å². The molecule has 0 unspecified atom stereocenters. The highest BCUT2D eigenvalue weighted by atomic mass is 14.3. The molecule has 4 nitrogen and oxygen atoms in total. The monoisotopic (exact) mass is 1280 g/mol. The molecule has 0 aliphatic carbocycles. The number of aryl methyl sites for hydroxylation is 5. The fraction of sp³-hybridized carbons (Fsp3) is 0.312. The molecule has 0 fully saturated rings. The Balaban J connectivity index is 0.000000290. The van der Waals surface area contributed by atoms with E-state index >= 15 is 0 Å². The molecule has 0 saturated carbocycles. The van der Waals surface area contributed by atoms with Gasteiger partial charge in [0.05, 0.1) is 46.5 Å². The molecule has 0 aliphatic rings. The molecule has 10 rings (SSSR count). The highest BCUT2D eigenvalue weighted by Gasteiger charge is 2.10. The minimum Gasteiger partial charge on any atom is -0.192 e. The van der Waals surface area contributed by atoms with E-state index in [2.05, 4.69) is 333 Å². The first-order valence-electron chi connectivity index (χ1n) is 34.6. The fourth-order valence-corrected chi connectivity index (χ4v) is 10.9. The molecule has 502 valence electrons. The number of rotatable bonds is 10. The van der Waals surface area contributed by atoms with Crippen molar-refractivity contribution in [1.82, 2.24) is 0 Å². The van der Waals surface area contributed by atoms with Gasteiger partial charge in [0.1, 0.15) is 0 Å². The summed E-state index contributed by atoms with van der Waals surface area (Å²) in [7, 11) is 0. The second-order valence-corrected chi connectivity index (χ2v) is 27.3. The number of nitriles is 4. The summed E-state index contributed by atoms with van der Waals surface area (Å²) in [5, 5.41) is 34.7. The van der Waals surface area contributed by atoms with Crippen LogP contribution in [0.4, 0.5) is 0 Å². The largest absolute Gasteiger partial charge is 0.192 e. The third kappa shape index (κ3) is 29.0. The van der Waals surface area contributed by atoms with Crippen LogP contribution >= 0.6 is 0 Å². The molecule has 4 heteroatoms. The van der Waals surface area contributed by atoms with Crippen LogP contribution in [-0.4, -0.2) is 0 Å². The minimum absolute atomic E-state index is 0.431. The highest BCUT2D eigenvalue weighted by molar-refractivity contribution is 5.68. The Morgan fingerprint density at radius 1 is 0.237 bits per heavy atom. The zero-order chi connectivity index (χ0) is 72.1. The lowest BCUT2D eigenvalue weighted by Gasteiger charge is -2.12. The van der Waals surface area contributed by atoms with Gasteiger partial charge in [-0.1, -0.05) is 310 Å². The quantitative estimate of drug-likeness (QED) is 0.136. The Morgan fingerprint density at radius 3 is 1.12 bits per heavy atom. The van der Waals surface area contributed by atoms with Crippen molar-refractivity contribution in [3.63, 3.8) is 0 Å². The molecule has 10 aromatic rings. The van der Waals surface area contributed by atoms with Gasteiger partial charge >= 0.3 is 0 Å². The van der Waals surface area contributed by atoms with Crippen LogP contribution in [0.1, 0.15) is 253 Å². The molecule has 10 aromatic carbocycles. The molecule has 0 radical (unpaired) electrons. The van der Waals surface area contributed by atoms with Crippen LogP contribution in [0.3, 0.4) is 0 Å². The van der Waals surface area contributed by atoms with Crippen LogP contribution in [0.15, 0.2) is 237 Å². The predicted octanol–water partition coefficient (Wildman–Crippen LogP) is 26.8. The van der Waals surface area contributed by atoms with E-state index in [0.29, 0.717) is 47.3 Å². The van der Waals surface area contributed by atoms with Gasteiger partial charge in [0.2, 0.25) is 0 Å². The zero-order valence-electron chi connectivity index (χ0n) is 62.4. The third-order valence-electron chi connectivity index (χ3n) is 16.5. The van der Waals surface area contributed by atoms with Crippen molar-refractivity contribution >= 4 is 0 Å². The number of nitrogens with zero attached hydrogens (tertiary/aromatic N) is 4. The Labute approximate surface area is 588 Å². The van der Waals surface area contributed by atoms with Crippen molar-refractivity contribution in [2.75, 3.05) is 0 Å². The van der Waals surface area contributed by atoms with E-state index in [-0.39, 0.29) is 0 Å². The summed E-state index contributed by atoms with van der Waals surface area (Å²) in [6.07, 6.45) is 0. The van der Waals surface area contributed by atoms with Gasteiger partial charge in [-0.2, -0.15) is 21.0 Å². The van der Waals surface area contributed by atoms with Gasteiger partial charge in [-0.15, -0.1) is 0 Å². The van der Waals surface area contributed by atoms with Gasteiger partial charge < -0.3 is 0 Å². The van der Waals surface area contributed by atoms with E-state index in [1.807, 2.05) is 73.7 Å². The molecule has 0 bridgehead atoms. The Bertz CT molecular complexity index is 4090. The zero-order valence-corrected chi connectivity index (χ0v) is 62.4. The summed E-state index contributed by atoms with van der Waals surface area (Å²) >= 11 is 0. The van der Waals surface area contributed by atoms with Crippen LogP contribution in [0.2, 0.25) is 0 Å². The van der Waals surface area contributed by atoms with Crippen LogP contribution < -0.4 is 0 Å². The molecule has 0 heterocycles. The molecule has 0 amide bonds. The number of hydrogen-bond acceptors (Lipinski definition) is 4. The summed E-state index contributed by atoms with van der Waals surface area (Å²) in [5.41, 5.74) is 25.4. The Kier molecular flexibility index (Phi) is 36.3. The number of hydrogen-bond donors (Lipinski definition) is 0. The average Bonchev–Trinajstić information content (AvgIpc) is 0.900. The van der Waals surface area contributed by atoms with Crippen molar-refractivity contribution in [2.45, 2.75) is 193 Å². The Morgan fingerprint density at radius 2 is 0.670 bits per heavy atom. The van der Waals surface area contributed by atoms with Gasteiger partial charge in [0.15, 0.2) is 0 Å². The lowest BCUT2D eigenvalue weighted by Crippen LogP contribution is -1.95. The standard InChI is InChI=1S/2C15H16.3C11H13N.C10H11N.2C10H14/c1-12(2)14-10-6-7-11-15(14)13-8-4-3-5-9-13;1-12(2)14-9-6-10-15(11-14)13-7-4-3-5-8-13;1-8(2)11-5-9(3)4-10(6-11)7-12;1-8(2)11-5-4-10(7-12)6-9(11)3;1-8(2)11-9(3)5-4-6-10(11)7-12;1-8(2)10-5-3-9(7-11)4-6-10;1-8(2)10-6-4-5-9(3)7-10;1-8(2)10-7-5-4-6-9(10)3/h2*3-12H,1-2H3;3*4-6,8H,1-3H3;3-6,8H,1-2H3;2*4-8H,1-3H3. The fourth-order valence-electron chi connectivity index (χ4n) is 10.9. The van der Waals surface area contributed by atoms with Crippen LogP contribution in [0.5, 0.6) is 0 Å². The molecule has 0 spiro atoms. The van der Waals surface area contributed by atoms with Crippen LogP contribution in [0.25, 0.3) is 22.3 Å². The van der Waals surface area contributed by atoms with E-state index in [4.69, 9.17) is 21.0 Å². The molecule has 0 aliphatic heterocycles. The lowest BCUT2D eigenvalue weighted by molar-refractivity contribution is 0.852. The molecule has 0 aromatic heterocycles. The molecule has 0 N–H and O–H groups in total. The van der Waals surface area contributed by atoms with Gasteiger partial charge in [-0.05, 0) is 213 Å². The maximum atomic E-state index is 8.84. The number of benzene rings is 10. The molecular weight excluding hydrogens is 1170 g/mol. The summed E-state index contributed by atoms with van der Waals surface area (Å²) < 4.78 is 0. The molecule has 97 heavy (non-hydrogen) atoms. The van der Waals surface area contributed by atoms with Gasteiger partial charge in [0, 0.05) is 0 Å². The van der Waals surface area contributed by atoms with Crippen LogP contribution in [-0.2, 0) is 0 Å². The van der Waals surface area contributed by atoms with Crippen molar-refractivity contribution in [2.24, 2.45) is 0 Å². The van der Waals surface area contributed by atoms with Crippen molar-refractivity contribution in [3.8, 4) is 46.5 Å². The second-order valence-electron chi connectivity index (χ2n) is 27.3. The van der Waals surface area contributed by atoms with Crippen molar-refractivity contribution in [1.29, 1.82) is 21.0 Å². The summed E-state index contributed by atoms with van der Waals surface area (Å²) in [6.45, 7) is 45.3. The van der Waals surface area contributed by atoms with E-state index in [1.54, 1.807) is 0 Å². The second kappa shape index (κ2) is 43.3. The van der Waals surface area contributed by atoms with Gasteiger partial charge in [0.25, 0.3) is 0 Å². The molecular formula is C93H110N4. The summed E-state index contributed by atoms with van der Waals surface area (Å²) in [5.74, 6) is 4.48. The lowest BCUT2D eigenvalue weighted by atomic mass is 9.93. The van der Waals surface area contributed by atoms with Gasteiger partial charge in [-0.25, -0.2) is 0 Å². The predicted molar refractivity (Wildman–Crippen MR) is 418 cm³/mol. The SMILES string of the molecule is CC(C)c1ccc(C#N)cc1.CC(C)c1cccc(-c2ccccc2)c1.CC(C)c1ccccc1-c1ccccc1.Cc1cc(C#N)cc(C(C)C)c1.Cc1cc(C#N)ccc1C(C)C.Cc1cccc(C#N)c1C(C)C.Cc1cccc(C(C)C)c1.Cc1ccccc1C(C)C. The maximum Gasteiger partial charge on any atom is 0.0994 e. The summed E-state index contributed by atoms with van der Waals surface area (Å²) in [4.78, 5) is 0. The first kappa shape index (κ1) is 81.4.